The number of fused-ring (bicyclic) bond motifs is 2. The van der Waals surface area contributed by atoms with Crippen molar-refractivity contribution in [3.8, 4) is 0 Å². The van der Waals surface area contributed by atoms with Crippen LogP contribution in [0.25, 0.3) is 10.9 Å². The molecule has 12 heteroatoms. The van der Waals surface area contributed by atoms with Gasteiger partial charge in [-0.3, -0.25) is 25.2 Å². The van der Waals surface area contributed by atoms with Crippen LogP contribution < -0.4 is 21.1 Å². The lowest BCUT2D eigenvalue weighted by Gasteiger charge is -2.37. The van der Waals surface area contributed by atoms with E-state index in [1.807, 2.05) is 72.8 Å². The number of aromatic amines is 1. The van der Waals surface area contributed by atoms with Crippen LogP contribution >= 0.6 is 27.7 Å². The number of halogens is 1. The Kier molecular flexibility index (Phi) is 10.4. The molecule has 0 radical (unpaired) electrons. The zero-order valence-electron chi connectivity index (χ0n) is 25.8. The zero-order chi connectivity index (χ0) is 32.8. The summed E-state index contributed by atoms with van der Waals surface area (Å²) < 4.78 is 6.23. The molecule has 2 atom stereocenters. The number of aromatic nitrogens is 1. The molecule has 0 fully saturated rings. The lowest BCUT2D eigenvalue weighted by molar-refractivity contribution is -0.123. The third-order valence-electron chi connectivity index (χ3n) is 7.48. The maximum absolute atomic E-state index is 13.7. The number of nitrogens with zero attached hydrogens (tertiary/aromatic N) is 1. The van der Waals surface area contributed by atoms with Gasteiger partial charge >= 0.3 is 6.09 Å². The van der Waals surface area contributed by atoms with Gasteiger partial charge in [0.2, 0.25) is 5.91 Å². The molecule has 4 amide bonds. The minimum atomic E-state index is -1.06. The van der Waals surface area contributed by atoms with Gasteiger partial charge in [0.15, 0.2) is 0 Å². The molecule has 1 aromatic heterocycles. The highest BCUT2D eigenvalue weighted by atomic mass is 79.9. The maximum atomic E-state index is 13.7. The van der Waals surface area contributed by atoms with Crippen LogP contribution in [0.4, 0.5) is 15.3 Å². The van der Waals surface area contributed by atoms with E-state index < -0.39 is 28.9 Å². The summed E-state index contributed by atoms with van der Waals surface area (Å²) in [5.41, 5.74) is 8.59. The Morgan fingerprint density at radius 1 is 1.02 bits per heavy atom. The Balaban J connectivity index is 1.24. The van der Waals surface area contributed by atoms with Crippen LogP contribution in [0.15, 0.2) is 83.5 Å². The number of alkyl carbamates (subject to hydrolysis) is 1. The number of carbonyl (C=O) groups is 4. The van der Waals surface area contributed by atoms with Gasteiger partial charge in [0.05, 0.1) is 11.8 Å². The maximum Gasteiger partial charge on any atom is 0.408 e. The fraction of sp³-hybridized carbons (Fsp3) is 0.294. The highest BCUT2D eigenvalue weighted by Gasteiger charge is 2.33. The Bertz CT molecular complexity index is 1740. The Hall–Kier alpha value is -4.29. The van der Waals surface area contributed by atoms with Crippen molar-refractivity contribution in [2.75, 3.05) is 10.7 Å². The van der Waals surface area contributed by atoms with Gasteiger partial charge in [-0.15, -0.1) is 0 Å². The molecule has 0 spiro atoms. The molecule has 0 saturated carbocycles. The second-order valence-electron chi connectivity index (χ2n) is 12.0. The van der Waals surface area contributed by atoms with Gasteiger partial charge in [0.1, 0.15) is 11.6 Å². The number of hydrazine groups is 1. The molecule has 46 heavy (non-hydrogen) atoms. The van der Waals surface area contributed by atoms with Gasteiger partial charge in [-0.05, 0) is 68.5 Å². The molecule has 0 aliphatic carbocycles. The van der Waals surface area contributed by atoms with Crippen molar-refractivity contribution in [3.63, 3.8) is 0 Å². The smallest absolute Gasteiger partial charge is 0.408 e. The van der Waals surface area contributed by atoms with Gasteiger partial charge in [0.25, 0.3) is 11.1 Å². The van der Waals surface area contributed by atoms with Crippen molar-refractivity contribution in [1.82, 2.24) is 21.2 Å². The Morgan fingerprint density at radius 2 is 1.76 bits per heavy atom. The topological polar surface area (TPSA) is 133 Å². The molecule has 3 aromatic carbocycles. The van der Waals surface area contributed by atoms with Crippen LogP contribution in [-0.2, 0) is 27.2 Å². The van der Waals surface area contributed by atoms with Crippen molar-refractivity contribution in [2.24, 2.45) is 0 Å². The molecular formula is C34H36BrN5O5S. The number of carbonyl (C=O) groups excluding carboxylic acids is 4. The van der Waals surface area contributed by atoms with Crippen LogP contribution in [0.1, 0.15) is 49.9 Å². The number of benzene rings is 3. The summed E-state index contributed by atoms with van der Waals surface area (Å²) in [5, 5.41) is 2.91. The summed E-state index contributed by atoms with van der Waals surface area (Å²) in [6, 6.07) is 22.1. The van der Waals surface area contributed by atoms with Gasteiger partial charge in [-0.25, -0.2) is 4.79 Å². The number of thioether (sulfide) groups is 1. The minimum Gasteiger partial charge on any atom is -0.444 e. The number of H-pyrrole nitrogens is 1. The van der Waals surface area contributed by atoms with Crippen LogP contribution in [-0.4, -0.2) is 45.5 Å². The highest BCUT2D eigenvalue weighted by Crippen LogP contribution is 2.40. The average molecular weight is 707 g/mol. The first kappa shape index (κ1) is 33.1. The van der Waals surface area contributed by atoms with Crippen LogP contribution in [0, 0.1) is 0 Å². The third-order valence-corrected chi connectivity index (χ3v) is 8.73. The SMILES string of the molecule is CC(C)(C)OC(=O)N[C@H](Cc1c[nH]c2ccccc12)C(=O)NNC(=O)SCC(=O)N1c2cc(Br)ccc2CCC1c1ccccc1. The zero-order valence-corrected chi connectivity index (χ0v) is 28.2. The number of para-hydroxylation sites is 1. The molecular weight excluding hydrogens is 670 g/mol. The van der Waals surface area contributed by atoms with E-state index in [9.17, 15) is 19.2 Å². The Morgan fingerprint density at radius 3 is 2.52 bits per heavy atom. The molecule has 0 saturated heterocycles. The third kappa shape index (κ3) is 8.29. The van der Waals surface area contributed by atoms with E-state index in [0.29, 0.717) is 0 Å². The van der Waals surface area contributed by atoms with Crippen molar-refractivity contribution in [3.05, 3.63) is 100 Å². The fourth-order valence-corrected chi connectivity index (χ4v) is 6.34. The summed E-state index contributed by atoms with van der Waals surface area (Å²) in [4.78, 5) is 57.3. The molecule has 240 valence electrons. The molecule has 1 aliphatic rings. The van der Waals surface area contributed by atoms with E-state index in [1.54, 1.807) is 31.9 Å². The van der Waals surface area contributed by atoms with E-state index in [2.05, 4.69) is 37.1 Å². The second kappa shape index (κ2) is 14.4. The van der Waals surface area contributed by atoms with Gasteiger partial charge in [0, 0.05) is 33.7 Å². The fourth-order valence-electron chi connectivity index (χ4n) is 5.47. The number of hydrogen-bond donors (Lipinski definition) is 4. The minimum absolute atomic E-state index is 0.140. The molecule has 0 bridgehead atoms. The number of aryl methyl sites for hydroxylation is 1. The second-order valence-corrected chi connectivity index (χ2v) is 13.8. The molecule has 1 aliphatic heterocycles. The first-order chi connectivity index (χ1) is 22.0. The van der Waals surface area contributed by atoms with Crippen molar-refractivity contribution < 1.29 is 23.9 Å². The first-order valence-corrected chi connectivity index (χ1v) is 16.7. The first-order valence-electron chi connectivity index (χ1n) is 14.9. The number of hydrogen-bond acceptors (Lipinski definition) is 6. The van der Waals surface area contributed by atoms with Crippen molar-refractivity contribution in [2.45, 2.75) is 57.7 Å². The van der Waals surface area contributed by atoms with Gasteiger partial charge < -0.3 is 19.9 Å². The van der Waals surface area contributed by atoms with E-state index in [0.717, 1.165) is 62.4 Å². The largest absolute Gasteiger partial charge is 0.444 e. The van der Waals surface area contributed by atoms with Crippen LogP contribution in [0.2, 0.25) is 0 Å². The van der Waals surface area contributed by atoms with E-state index in [1.165, 1.54) is 0 Å². The molecule has 10 nitrogen and oxygen atoms in total. The molecule has 1 unspecified atom stereocenters. The van der Waals surface area contributed by atoms with E-state index in [4.69, 9.17) is 4.74 Å². The monoisotopic (exact) mass is 705 g/mol. The molecule has 4 N–H and O–H groups in total. The predicted molar refractivity (Wildman–Crippen MR) is 183 cm³/mol. The number of nitrogens with one attached hydrogen (secondary N) is 4. The lowest BCUT2D eigenvalue weighted by atomic mass is 9.91. The predicted octanol–water partition coefficient (Wildman–Crippen LogP) is 6.56. The molecule has 2 heterocycles. The van der Waals surface area contributed by atoms with Crippen LogP contribution in [0.3, 0.4) is 0 Å². The van der Waals surface area contributed by atoms with E-state index >= 15 is 0 Å². The summed E-state index contributed by atoms with van der Waals surface area (Å²) in [6.45, 7) is 5.18. The van der Waals surface area contributed by atoms with Gasteiger partial charge in [-0.2, -0.15) is 0 Å². The quantitative estimate of drug-likeness (QED) is 0.161. The number of rotatable bonds is 7. The normalized spacial score (nSPS) is 15.0. The van der Waals surface area contributed by atoms with Gasteiger partial charge in [-0.1, -0.05) is 82.3 Å². The number of amides is 4. The van der Waals surface area contributed by atoms with Crippen molar-refractivity contribution >= 4 is 67.4 Å². The Labute approximate surface area is 280 Å². The number of ether oxygens (including phenoxy) is 1. The van der Waals surface area contributed by atoms with Crippen LogP contribution in [0.5, 0.6) is 0 Å². The molecule has 5 rings (SSSR count). The summed E-state index contributed by atoms with van der Waals surface area (Å²) in [7, 11) is 0. The lowest BCUT2D eigenvalue weighted by Crippen LogP contribution is -2.53. The van der Waals surface area contributed by atoms with E-state index in [-0.39, 0.29) is 24.1 Å². The summed E-state index contributed by atoms with van der Waals surface area (Å²) >= 11 is 4.28. The molecule has 4 aromatic rings. The van der Waals surface area contributed by atoms with Crippen molar-refractivity contribution in [1.29, 1.82) is 0 Å². The summed E-state index contributed by atoms with van der Waals surface area (Å²) in [5.74, 6) is -1.02. The number of anilines is 1. The highest BCUT2D eigenvalue weighted by molar-refractivity contribution is 9.10. The summed E-state index contributed by atoms with van der Waals surface area (Å²) in [6.07, 6.45) is 2.73. The standard InChI is InChI=1S/C34H36BrN5O5S/c1-34(2,3)45-32(43)37-27(17-23-19-36-26-12-8-7-11-25(23)26)31(42)38-39-33(44)46-20-30(41)40-28(21-9-5-4-6-10-21)16-14-22-13-15-24(35)18-29(22)40/h4-13,15,18-19,27-28,36H,14,16-17,20H2,1-3H3,(H,37,43)(H,38,42)(H,39,44)/t27-,28?/m1/s1. The average Bonchev–Trinajstić information content (AvgIpc) is 3.43.